The molecule has 5 nitrogen and oxygen atoms in total. The molecule has 4 rings (SSSR count). The van der Waals surface area contributed by atoms with Crippen LogP contribution in [0, 0.1) is 0 Å². The summed E-state index contributed by atoms with van der Waals surface area (Å²) in [5.41, 5.74) is 2.39. The lowest BCUT2D eigenvalue weighted by atomic mass is 10.1. The number of carbonyl (C=O) groups is 2. The fourth-order valence-corrected chi connectivity index (χ4v) is 2.81. The van der Waals surface area contributed by atoms with E-state index in [1.807, 2.05) is 31.2 Å². The SMILES string of the molecule is CC1N=Cc2ccccc2N=C1N1C(=O)c2ccccc2C1=O. The Labute approximate surface area is 133 Å². The van der Waals surface area contributed by atoms with Crippen LogP contribution in [0.2, 0.25) is 0 Å². The van der Waals surface area contributed by atoms with Gasteiger partial charge >= 0.3 is 0 Å². The van der Waals surface area contributed by atoms with Crippen molar-refractivity contribution in [2.45, 2.75) is 13.0 Å². The minimum absolute atomic E-state index is 0.342. The van der Waals surface area contributed by atoms with Gasteiger partial charge < -0.3 is 0 Å². The third kappa shape index (κ3) is 2.01. The Morgan fingerprint density at radius 3 is 2.22 bits per heavy atom. The first-order chi connectivity index (χ1) is 11.2. The highest BCUT2D eigenvalue weighted by molar-refractivity contribution is 6.30. The second-order valence-electron chi connectivity index (χ2n) is 5.47. The van der Waals surface area contributed by atoms with Crippen LogP contribution in [0.4, 0.5) is 5.69 Å². The first-order valence-electron chi connectivity index (χ1n) is 7.35. The Kier molecular flexibility index (Phi) is 2.94. The Balaban J connectivity index is 1.85. The number of fused-ring (bicyclic) bond motifs is 2. The van der Waals surface area contributed by atoms with Crippen LogP contribution >= 0.6 is 0 Å². The molecule has 23 heavy (non-hydrogen) atoms. The predicted molar refractivity (Wildman–Crippen MR) is 87.5 cm³/mol. The van der Waals surface area contributed by atoms with Gasteiger partial charge in [0, 0.05) is 11.8 Å². The van der Waals surface area contributed by atoms with Crippen LogP contribution in [-0.4, -0.2) is 34.8 Å². The molecule has 2 aliphatic rings. The predicted octanol–water partition coefficient (Wildman–Crippen LogP) is 2.83. The number of amidine groups is 1. The van der Waals surface area contributed by atoms with Gasteiger partial charge in [-0.3, -0.25) is 14.6 Å². The first-order valence-corrected chi connectivity index (χ1v) is 7.35. The fourth-order valence-electron chi connectivity index (χ4n) is 2.81. The van der Waals surface area contributed by atoms with E-state index in [-0.39, 0.29) is 17.9 Å². The van der Waals surface area contributed by atoms with Crippen molar-refractivity contribution in [3.05, 3.63) is 65.2 Å². The number of aliphatic imine (C=N–C) groups is 2. The summed E-state index contributed by atoms with van der Waals surface area (Å²) in [4.78, 5) is 35.4. The Hall–Kier alpha value is -3.08. The lowest BCUT2D eigenvalue weighted by Gasteiger charge is -2.18. The van der Waals surface area contributed by atoms with Crippen LogP contribution < -0.4 is 0 Å². The second-order valence-corrected chi connectivity index (χ2v) is 5.47. The Morgan fingerprint density at radius 2 is 1.52 bits per heavy atom. The molecular formula is C18H13N3O2. The third-order valence-corrected chi connectivity index (χ3v) is 4.01. The van der Waals surface area contributed by atoms with Crippen molar-refractivity contribution in [3.8, 4) is 0 Å². The quantitative estimate of drug-likeness (QED) is 0.703. The molecule has 2 aliphatic heterocycles. The molecule has 0 fully saturated rings. The largest absolute Gasteiger partial charge is 0.281 e. The van der Waals surface area contributed by atoms with E-state index < -0.39 is 0 Å². The summed E-state index contributed by atoms with van der Waals surface area (Å²) in [6.45, 7) is 1.82. The number of rotatable bonds is 0. The van der Waals surface area contributed by atoms with Crippen molar-refractivity contribution in [1.82, 2.24) is 4.90 Å². The molecule has 0 spiro atoms. The third-order valence-electron chi connectivity index (χ3n) is 4.01. The zero-order valence-electron chi connectivity index (χ0n) is 12.4. The van der Waals surface area contributed by atoms with Crippen molar-refractivity contribution in [2.75, 3.05) is 0 Å². The van der Waals surface area contributed by atoms with E-state index in [4.69, 9.17) is 0 Å². The van der Waals surface area contributed by atoms with Gasteiger partial charge in [0.15, 0.2) is 0 Å². The van der Waals surface area contributed by atoms with E-state index in [1.165, 1.54) is 0 Å². The van der Waals surface area contributed by atoms with Gasteiger partial charge in [0.1, 0.15) is 11.9 Å². The zero-order chi connectivity index (χ0) is 16.0. The number of imide groups is 1. The number of hydrogen-bond acceptors (Lipinski definition) is 4. The van der Waals surface area contributed by atoms with Gasteiger partial charge in [0.2, 0.25) is 0 Å². The van der Waals surface area contributed by atoms with Crippen molar-refractivity contribution >= 4 is 29.6 Å². The van der Waals surface area contributed by atoms with E-state index in [2.05, 4.69) is 9.98 Å². The van der Waals surface area contributed by atoms with Crippen molar-refractivity contribution < 1.29 is 9.59 Å². The maximum Gasteiger partial charge on any atom is 0.267 e. The molecule has 0 saturated carbocycles. The zero-order valence-corrected chi connectivity index (χ0v) is 12.4. The van der Waals surface area contributed by atoms with Gasteiger partial charge in [-0.25, -0.2) is 9.89 Å². The number of nitrogens with zero attached hydrogens (tertiary/aromatic N) is 3. The summed E-state index contributed by atoms with van der Waals surface area (Å²) in [6, 6.07) is 14.0. The molecule has 0 aliphatic carbocycles. The molecule has 1 atom stereocenters. The van der Waals surface area contributed by atoms with E-state index >= 15 is 0 Å². The lowest BCUT2D eigenvalue weighted by Crippen LogP contribution is -2.41. The highest BCUT2D eigenvalue weighted by Crippen LogP contribution is 2.27. The van der Waals surface area contributed by atoms with Crippen LogP contribution in [0.15, 0.2) is 58.5 Å². The van der Waals surface area contributed by atoms with Crippen molar-refractivity contribution in [1.29, 1.82) is 0 Å². The Bertz CT molecular complexity index is 864. The highest BCUT2D eigenvalue weighted by Gasteiger charge is 2.40. The molecule has 0 saturated heterocycles. The van der Waals surface area contributed by atoms with Gasteiger partial charge in [-0.2, -0.15) is 0 Å². The molecule has 2 heterocycles. The number of hydrogen-bond donors (Lipinski definition) is 0. The number of benzene rings is 2. The van der Waals surface area contributed by atoms with Crippen LogP contribution in [-0.2, 0) is 0 Å². The molecular weight excluding hydrogens is 290 g/mol. The van der Waals surface area contributed by atoms with Gasteiger partial charge in [0.05, 0.1) is 16.8 Å². The average Bonchev–Trinajstić information content (AvgIpc) is 2.72. The minimum atomic E-state index is -0.385. The first kappa shape index (κ1) is 13.6. The molecule has 0 N–H and O–H groups in total. The summed E-state index contributed by atoms with van der Waals surface area (Å²) in [5, 5.41) is 0. The topological polar surface area (TPSA) is 62.1 Å². The molecule has 0 radical (unpaired) electrons. The average molecular weight is 303 g/mol. The summed E-state index contributed by atoms with van der Waals surface area (Å²) in [6.07, 6.45) is 1.73. The van der Waals surface area contributed by atoms with Crippen LogP contribution in [0.1, 0.15) is 33.2 Å². The number of carbonyl (C=O) groups excluding carboxylic acids is 2. The second kappa shape index (κ2) is 4.98. The smallest absolute Gasteiger partial charge is 0.267 e. The summed E-state index contributed by atoms with van der Waals surface area (Å²) >= 11 is 0. The van der Waals surface area contributed by atoms with E-state index in [1.54, 1.807) is 30.5 Å². The highest BCUT2D eigenvalue weighted by atomic mass is 16.2. The molecule has 2 amide bonds. The van der Waals surface area contributed by atoms with Crippen LogP contribution in [0.5, 0.6) is 0 Å². The van der Waals surface area contributed by atoms with Gasteiger partial charge in [-0.1, -0.05) is 30.3 Å². The standard InChI is InChI=1S/C18H13N3O2/c1-11-16(20-15-9-5-2-6-12(15)10-19-11)21-17(22)13-7-3-4-8-14(13)18(21)23/h2-11H,1H3. The fraction of sp³-hybridized carbons (Fsp3) is 0.111. The molecule has 5 heteroatoms. The van der Waals surface area contributed by atoms with Crippen LogP contribution in [0.3, 0.4) is 0 Å². The maximum atomic E-state index is 12.6. The monoisotopic (exact) mass is 303 g/mol. The van der Waals surface area contributed by atoms with E-state index in [0.29, 0.717) is 22.6 Å². The molecule has 112 valence electrons. The normalized spacial score (nSPS) is 19.3. The molecule has 2 aromatic carbocycles. The molecule has 1 unspecified atom stereocenters. The Morgan fingerprint density at radius 1 is 0.913 bits per heavy atom. The minimum Gasteiger partial charge on any atom is -0.281 e. The van der Waals surface area contributed by atoms with Gasteiger partial charge in [-0.05, 0) is 25.1 Å². The number of amides is 2. The van der Waals surface area contributed by atoms with Gasteiger partial charge in [-0.15, -0.1) is 0 Å². The summed E-state index contributed by atoms with van der Waals surface area (Å²) in [5.74, 6) is -0.325. The van der Waals surface area contributed by atoms with Crippen molar-refractivity contribution in [3.63, 3.8) is 0 Å². The number of para-hydroxylation sites is 1. The molecule has 0 aromatic heterocycles. The van der Waals surface area contributed by atoms with E-state index in [9.17, 15) is 9.59 Å². The maximum absolute atomic E-state index is 12.6. The van der Waals surface area contributed by atoms with Crippen molar-refractivity contribution in [2.24, 2.45) is 9.98 Å². The molecule has 2 aromatic rings. The molecule has 0 bridgehead atoms. The summed E-state index contributed by atoms with van der Waals surface area (Å²) in [7, 11) is 0. The van der Waals surface area contributed by atoms with Gasteiger partial charge in [0.25, 0.3) is 11.8 Å². The lowest BCUT2D eigenvalue weighted by molar-refractivity contribution is 0.0745. The van der Waals surface area contributed by atoms with Crippen LogP contribution in [0.25, 0.3) is 0 Å². The summed E-state index contributed by atoms with van der Waals surface area (Å²) < 4.78 is 0. The van der Waals surface area contributed by atoms with E-state index in [0.717, 1.165) is 10.5 Å².